The van der Waals surface area contributed by atoms with Crippen molar-refractivity contribution in [1.29, 1.82) is 0 Å². The Morgan fingerprint density at radius 2 is 1.97 bits per heavy atom. The molecule has 3 aromatic rings. The molecule has 1 N–H and O–H groups in total. The molecule has 1 aromatic heterocycles. The summed E-state index contributed by atoms with van der Waals surface area (Å²) in [5.74, 6) is -0.550. The predicted octanol–water partition coefficient (Wildman–Crippen LogP) is 5.22. The molecule has 0 bridgehead atoms. The summed E-state index contributed by atoms with van der Waals surface area (Å²) >= 11 is 1.12. The van der Waals surface area contributed by atoms with Crippen molar-refractivity contribution in [2.75, 3.05) is 5.32 Å². The number of nitro groups is 1. The number of nitrogens with one attached hydrogen (secondary N) is 1. The molecule has 10 heteroatoms. The highest BCUT2D eigenvalue weighted by Gasteiger charge is 2.30. The number of aromatic nitrogens is 1. The van der Waals surface area contributed by atoms with E-state index >= 15 is 0 Å². The van der Waals surface area contributed by atoms with Crippen LogP contribution >= 0.6 is 11.3 Å². The number of hydrogen-bond donors (Lipinski definition) is 1. The first-order valence-corrected chi connectivity index (χ1v) is 9.13. The summed E-state index contributed by atoms with van der Waals surface area (Å²) in [6, 6.07) is 9.19. The van der Waals surface area contributed by atoms with Gasteiger partial charge in [-0.2, -0.15) is 13.2 Å². The van der Waals surface area contributed by atoms with Gasteiger partial charge in [-0.25, -0.2) is 4.98 Å². The van der Waals surface area contributed by atoms with E-state index in [0.717, 1.165) is 23.5 Å². The predicted molar refractivity (Wildman–Crippen MR) is 102 cm³/mol. The van der Waals surface area contributed by atoms with E-state index in [0.29, 0.717) is 10.4 Å². The molecule has 1 amide bonds. The normalized spacial score (nSPS) is 11.3. The van der Waals surface area contributed by atoms with Gasteiger partial charge in [-0.15, -0.1) is 11.3 Å². The minimum Gasteiger partial charge on any atom is -0.298 e. The Morgan fingerprint density at radius 3 is 2.66 bits per heavy atom. The van der Waals surface area contributed by atoms with Gasteiger partial charge in [-0.3, -0.25) is 20.2 Å². The van der Waals surface area contributed by atoms with E-state index < -0.39 is 22.6 Å². The molecule has 0 saturated carbocycles. The van der Waals surface area contributed by atoms with E-state index in [-0.39, 0.29) is 28.4 Å². The summed E-state index contributed by atoms with van der Waals surface area (Å²) in [5, 5.41) is 13.8. The highest BCUT2D eigenvalue weighted by Crippen LogP contribution is 2.31. The van der Waals surface area contributed by atoms with Crippen molar-refractivity contribution in [3.8, 4) is 0 Å². The molecule has 0 aliphatic rings. The van der Waals surface area contributed by atoms with Crippen LogP contribution in [0.15, 0.2) is 48.7 Å². The molecule has 2 aromatic carbocycles. The van der Waals surface area contributed by atoms with Crippen LogP contribution in [0.2, 0.25) is 0 Å². The number of amides is 1. The van der Waals surface area contributed by atoms with E-state index in [1.165, 1.54) is 37.4 Å². The van der Waals surface area contributed by atoms with Crippen LogP contribution in [-0.2, 0) is 12.6 Å². The zero-order valence-electron chi connectivity index (χ0n) is 15.0. The maximum atomic E-state index is 12.8. The van der Waals surface area contributed by atoms with Crippen LogP contribution in [0.4, 0.5) is 24.0 Å². The fourth-order valence-corrected chi connectivity index (χ4v) is 3.58. The Kier molecular flexibility index (Phi) is 5.64. The van der Waals surface area contributed by atoms with Crippen molar-refractivity contribution in [2.24, 2.45) is 0 Å². The first kappa shape index (κ1) is 20.5. The molecule has 0 fully saturated rings. The van der Waals surface area contributed by atoms with Crippen molar-refractivity contribution < 1.29 is 22.9 Å². The van der Waals surface area contributed by atoms with Gasteiger partial charge in [-0.05, 0) is 24.6 Å². The van der Waals surface area contributed by atoms with Gasteiger partial charge in [0, 0.05) is 34.7 Å². The molecule has 3 rings (SSSR count). The lowest BCUT2D eigenvalue weighted by Crippen LogP contribution is -2.13. The van der Waals surface area contributed by atoms with E-state index in [4.69, 9.17) is 0 Å². The van der Waals surface area contributed by atoms with E-state index in [1.807, 2.05) is 0 Å². The van der Waals surface area contributed by atoms with Gasteiger partial charge in [0.15, 0.2) is 5.13 Å². The van der Waals surface area contributed by atoms with E-state index in [1.54, 1.807) is 6.07 Å². The van der Waals surface area contributed by atoms with Crippen LogP contribution < -0.4 is 5.32 Å². The number of hydrogen-bond acceptors (Lipinski definition) is 5. The van der Waals surface area contributed by atoms with Gasteiger partial charge < -0.3 is 0 Å². The fourth-order valence-electron chi connectivity index (χ4n) is 2.74. The molecule has 0 aliphatic carbocycles. The highest BCUT2D eigenvalue weighted by atomic mass is 32.1. The van der Waals surface area contributed by atoms with Crippen LogP contribution in [0.25, 0.3) is 0 Å². The summed E-state index contributed by atoms with van der Waals surface area (Å²) in [7, 11) is 0. The summed E-state index contributed by atoms with van der Waals surface area (Å²) in [5.41, 5.74) is -0.0448. The molecule has 150 valence electrons. The molecule has 0 spiro atoms. The highest BCUT2D eigenvalue weighted by molar-refractivity contribution is 7.15. The number of benzene rings is 2. The number of nitro benzene ring substituents is 1. The standard InChI is InChI=1S/C19H14F3N3O3S/c1-11-15(6-3-7-16(11)25(27)28)17(26)24-18-23-10-14(29-18)9-12-4-2-5-13(8-12)19(20,21)22/h2-8,10H,9H2,1H3,(H,23,24,26). The van der Waals surface area contributed by atoms with Gasteiger partial charge in [0.1, 0.15) is 0 Å². The third-order valence-electron chi connectivity index (χ3n) is 4.15. The van der Waals surface area contributed by atoms with Crippen molar-refractivity contribution >= 4 is 28.1 Å². The minimum absolute atomic E-state index is 0.147. The molecule has 0 radical (unpaired) electrons. The third kappa shape index (κ3) is 4.77. The number of alkyl halides is 3. The monoisotopic (exact) mass is 421 g/mol. The van der Waals surface area contributed by atoms with Crippen LogP contribution in [0.1, 0.15) is 31.9 Å². The zero-order chi connectivity index (χ0) is 21.2. The molecular formula is C19H14F3N3O3S. The lowest BCUT2D eigenvalue weighted by molar-refractivity contribution is -0.385. The quantitative estimate of drug-likeness (QED) is 0.452. The van der Waals surface area contributed by atoms with Gasteiger partial charge in [-0.1, -0.05) is 24.3 Å². The fraction of sp³-hybridized carbons (Fsp3) is 0.158. The summed E-state index contributed by atoms with van der Waals surface area (Å²) < 4.78 is 38.5. The molecule has 1 heterocycles. The Labute approximate surface area is 167 Å². The third-order valence-corrected chi connectivity index (χ3v) is 5.07. The SMILES string of the molecule is Cc1c(C(=O)Nc2ncc(Cc3cccc(C(F)(F)F)c3)s2)cccc1[N+](=O)[O-]. The summed E-state index contributed by atoms with van der Waals surface area (Å²) in [4.78, 5) is 27.6. The first-order chi connectivity index (χ1) is 13.6. The van der Waals surface area contributed by atoms with Crippen molar-refractivity contribution in [2.45, 2.75) is 19.5 Å². The number of thiazole rings is 1. The second-order valence-electron chi connectivity index (χ2n) is 6.17. The topological polar surface area (TPSA) is 85.1 Å². The molecule has 29 heavy (non-hydrogen) atoms. The number of halogens is 3. The second kappa shape index (κ2) is 8.00. The largest absolute Gasteiger partial charge is 0.416 e. The molecular weight excluding hydrogens is 407 g/mol. The van der Waals surface area contributed by atoms with E-state index in [9.17, 15) is 28.1 Å². The smallest absolute Gasteiger partial charge is 0.298 e. The number of carbonyl (C=O) groups excluding carboxylic acids is 1. The Morgan fingerprint density at radius 1 is 1.24 bits per heavy atom. The number of nitrogens with zero attached hydrogens (tertiary/aromatic N) is 2. The maximum absolute atomic E-state index is 12.8. The second-order valence-corrected chi connectivity index (χ2v) is 7.28. The average molecular weight is 421 g/mol. The average Bonchev–Trinajstić information content (AvgIpc) is 3.07. The molecule has 0 unspecified atom stereocenters. The van der Waals surface area contributed by atoms with Crippen LogP contribution in [0.5, 0.6) is 0 Å². The molecule has 0 atom stereocenters. The summed E-state index contributed by atoms with van der Waals surface area (Å²) in [6.45, 7) is 1.48. The summed E-state index contributed by atoms with van der Waals surface area (Å²) in [6.07, 6.45) is -2.72. The Hall–Kier alpha value is -3.27. The van der Waals surface area contributed by atoms with Gasteiger partial charge in [0.2, 0.25) is 0 Å². The van der Waals surface area contributed by atoms with Crippen LogP contribution in [0.3, 0.4) is 0 Å². The molecule has 0 aliphatic heterocycles. The van der Waals surface area contributed by atoms with Crippen molar-refractivity contribution in [3.05, 3.63) is 85.9 Å². The number of rotatable bonds is 5. The maximum Gasteiger partial charge on any atom is 0.416 e. The lowest BCUT2D eigenvalue weighted by atomic mass is 10.1. The minimum atomic E-state index is -4.42. The molecule has 0 saturated heterocycles. The number of anilines is 1. The lowest BCUT2D eigenvalue weighted by Gasteiger charge is -2.08. The van der Waals surface area contributed by atoms with Crippen LogP contribution in [0, 0.1) is 17.0 Å². The van der Waals surface area contributed by atoms with Gasteiger partial charge in [0.05, 0.1) is 10.5 Å². The van der Waals surface area contributed by atoms with Crippen LogP contribution in [-0.4, -0.2) is 15.8 Å². The van der Waals surface area contributed by atoms with E-state index in [2.05, 4.69) is 10.3 Å². The molecule has 6 nitrogen and oxygen atoms in total. The Balaban J connectivity index is 1.74. The van der Waals surface area contributed by atoms with Crippen molar-refractivity contribution in [3.63, 3.8) is 0 Å². The Bertz CT molecular complexity index is 1080. The van der Waals surface area contributed by atoms with Gasteiger partial charge in [0.25, 0.3) is 11.6 Å². The van der Waals surface area contributed by atoms with Crippen molar-refractivity contribution in [1.82, 2.24) is 4.98 Å². The van der Waals surface area contributed by atoms with Gasteiger partial charge >= 0.3 is 6.18 Å². The number of carbonyl (C=O) groups is 1. The zero-order valence-corrected chi connectivity index (χ0v) is 15.8. The first-order valence-electron chi connectivity index (χ1n) is 8.31.